The van der Waals surface area contributed by atoms with Gasteiger partial charge in [-0.1, -0.05) is 82.9 Å². The van der Waals surface area contributed by atoms with Crippen LogP contribution in [0.25, 0.3) is 0 Å². The average molecular weight is 461 g/mol. The maximum Gasteiger partial charge on any atom is 0.410 e. The molecule has 8 nitrogen and oxygen atoms in total. The van der Waals surface area contributed by atoms with E-state index in [0.717, 1.165) is 11.1 Å². The molecular weight excluding hydrogens is 424 g/mol. The fourth-order valence-electron chi connectivity index (χ4n) is 2.73. The fourth-order valence-corrected chi connectivity index (χ4v) is 2.73. The molecule has 2 aliphatic rings. The second kappa shape index (κ2) is 14.6. The van der Waals surface area contributed by atoms with Crippen molar-refractivity contribution in [1.29, 1.82) is 0 Å². The molecule has 2 heterocycles. The van der Waals surface area contributed by atoms with E-state index in [1.807, 2.05) is 60.7 Å². The van der Waals surface area contributed by atoms with Crippen LogP contribution in [0.2, 0.25) is 0 Å². The van der Waals surface area contributed by atoms with E-state index in [-0.39, 0.29) is 66.6 Å². The summed E-state index contributed by atoms with van der Waals surface area (Å²) < 4.78 is 10.1. The number of benzene rings is 2. The molecule has 0 aromatic heterocycles. The molecule has 2 amide bonds. The van der Waals surface area contributed by atoms with Crippen molar-refractivity contribution >= 4 is 18.0 Å². The van der Waals surface area contributed by atoms with Gasteiger partial charge in [-0.2, -0.15) is 0 Å². The number of ketones is 1. The first-order chi connectivity index (χ1) is 14.5. The number of carbonyl (C=O) groups excluding carboxylic acids is 3. The number of Topliss-reactive ketones (excluding diaryl/α,β-unsaturated/α-hetero) is 1. The van der Waals surface area contributed by atoms with Crippen LogP contribution < -0.4 is 0 Å². The SMILES string of the molecule is C.C.C.O=C(OCc1ccccc1)N1CC(O)C1.O=C1CN(C(=O)OCc2ccccc2)C1. The normalized spacial score (nSPS) is 13.9. The number of hydrogen-bond acceptors (Lipinski definition) is 6. The van der Waals surface area contributed by atoms with Crippen LogP contribution in [-0.2, 0) is 27.5 Å². The maximum atomic E-state index is 11.3. The summed E-state index contributed by atoms with van der Waals surface area (Å²) in [5.74, 6) is 0.0756. The van der Waals surface area contributed by atoms with Gasteiger partial charge in [0.1, 0.15) is 13.2 Å². The zero-order chi connectivity index (χ0) is 21.3. The number of amides is 2. The van der Waals surface area contributed by atoms with Gasteiger partial charge in [0.15, 0.2) is 5.78 Å². The first kappa shape index (κ1) is 29.6. The van der Waals surface area contributed by atoms with E-state index in [9.17, 15) is 14.4 Å². The van der Waals surface area contributed by atoms with Crippen molar-refractivity contribution in [3.63, 3.8) is 0 Å². The van der Waals surface area contributed by atoms with Gasteiger partial charge >= 0.3 is 12.2 Å². The molecule has 182 valence electrons. The van der Waals surface area contributed by atoms with Crippen molar-refractivity contribution in [2.75, 3.05) is 26.2 Å². The van der Waals surface area contributed by atoms with E-state index in [4.69, 9.17) is 14.6 Å². The molecule has 0 bridgehead atoms. The molecule has 0 aliphatic carbocycles. The molecule has 0 radical (unpaired) electrons. The van der Waals surface area contributed by atoms with Crippen molar-refractivity contribution in [2.45, 2.75) is 41.6 Å². The monoisotopic (exact) mass is 460 g/mol. The third-order valence-electron chi connectivity index (χ3n) is 4.52. The Morgan fingerprint density at radius 2 is 1.15 bits per heavy atom. The average Bonchev–Trinajstić information content (AvgIpc) is 2.73. The molecule has 33 heavy (non-hydrogen) atoms. The molecule has 2 aromatic rings. The number of aliphatic hydroxyl groups excluding tert-OH is 1. The van der Waals surface area contributed by atoms with Gasteiger partial charge in [0.25, 0.3) is 0 Å². The molecule has 2 fully saturated rings. The number of ether oxygens (including phenoxy) is 2. The largest absolute Gasteiger partial charge is 0.445 e. The number of rotatable bonds is 4. The van der Waals surface area contributed by atoms with Crippen LogP contribution >= 0.6 is 0 Å². The summed E-state index contributed by atoms with van der Waals surface area (Å²) in [4.78, 5) is 36.1. The third-order valence-corrected chi connectivity index (χ3v) is 4.52. The fraction of sp³-hybridized carbons (Fsp3) is 0.400. The lowest BCUT2D eigenvalue weighted by molar-refractivity contribution is -0.127. The number of likely N-dealkylation sites (tertiary alicyclic amines) is 2. The topological polar surface area (TPSA) is 96.4 Å². The van der Waals surface area contributed by atoms with Gasteiger partial charge in [0, 0.05) is 0 Å². The highest BCUT2D eigenvalue weighted by Gasteiger charge is 2.30. The predicted molar refractivity (Wildman–Crippen MR) is 128 cm³/mol. The Morgan fingerprint density at radius 3 is 1.52 bits per heavy atom. The number of β-amino-alcohol motifs (C(OH)–C–C–N with tert-alkyl or cyclic N) is 1. The van der Waals surface area contributed by atoms with E-state index in [0.29, 0.717) is 13.1 Å². The van der Waals surface area contributed by atoms with Crippen molar-refractivity contribution in [1.82, 2.24) is 9.80 Å². The van der Waals surface area contributed by atoms with Gasteiger partial charge in [0.05, 0.1) is 32.3 Å². The maximum absolute atomic E-state index is 11.3. The summed E-state index contributed by atoms with van der Waals surface area (Å²) >= 11 is 0. The first-order valence-corrected chi connectivity index (χ1v) is 9.62. The standard InChI is InChI=1S/C11H13NO3.C11H11NO3.3CH4/c2*13-10-6-12(7-10)11(14)15-8-9-4-2-1-3-5-9;;;/h1-5,10,13H,6-8H2;1-5H,6-8H2;3*1H4. The Labute approximate surface area is 196 Å². The Hall–Kier alpha value is -3.39. The van der Waals surface area contributed by atoms with Gasteiger partial charge in [-0.05, 0) is 11.1 Å². The third kappa shape index (κ3) is 9.33. The summed E-state index contributed by atoms with van der Waals surface area (Å²) in [6.45, 7) is 1.68. The Kier molecular flexibility index (Phi) is 13.1. The van der Waals surface area contributed by atoms with Gasteiger partial charge in [-0.3, -0.25) is 9.69 Å². The molecule has 0 unspecified atom stereocenters. The smallest absolute Gasteiger partial charge is 0.410 e. The minimum Gasteiger partial charge on any atom is -0.445 e. The van der Waals surface area contributed by atoms with Crippen LogP contribution in [0.5, 0.6) is 0 Å². The van der Waals surface area contributed by atoms with E-state index in [1.54, 1.807) is 0 Å². The molecule has 2 aromatic carbocycles. The lowest BCUT2D eigenvalue weighted by Crippen LogP contribution is -2.53. The Bertz CT molecular complexity index is 846. The second-order valence-electron chi connectivity index (χ2n) is 7.03. The van der Waals surface area contributed by atoms with Crippen LogP contribution in [-0.4, -0.2) is 65.2 Å². The number of hydrogen-bond donors (Lipinski definition) is 1. The van der Waals surface area contributed by atoms with E-state index < -0.39 is 6.09 Å². The van der Waals surface area contributed by atoms with Crippen LogP contribution in [0.4, 0.5) is 9.59 Å². The first-order valence-electron chi connectivity index (χ1n) is 9.62. The van der Waals surface area contributed by atoms with E-state index in [1.165, 1.54) is 9.80 Å². The summed E-state index contributed by atoms with van der Waals surface area (Å²) in [6.07, 6.45) is -1.16. The van der Waals surface area contributed by atoms with Gasteiger partial charge in [-0.25, -0.2) is 9.59 Å². The second-order valence-corrected chi connectivity index (χ2v) is 7.03. The molecule has 8 heteroatoms. The van der Waals surface area contributed by atoms with Crippen molar-refractivity contribution < 1.29 is 29.0 Å². The van der Waals surface area contributed by atoms with E-state index >= 15 is 0 Å². The molecule has 4 rings (SSSR count). The molecule has 2 aliphatic heterocycles. The van der Waals surface area contributed by atoms with Gasteiger partial charge < -0.3 is 19.5 Å². The highest BCUT2D eigenvalue weighted by atomic mass is 16.6. The molecule has 0 atom stereocenters. The van der Waals surface area contributed by atoms with Crippen LogP contribution in [0.1, 0.15) is 33.4 Å². The predicted octanol–water partition coefficient (Wildman–Crippen LogP) is 4.12. The zero-order valence-corrected chi connectivity index (χ0v) is 16.5. The van der Waals surface area contributed by atoms with Crippen LogP contribution in [0.3, 0.4) is 0 Å². The molecular formula is C25H36N2O6. The Morgan fingerprint density at radius 1 is 0.758 bits per heavy atom. The minimum atomic E-state index is -0.418. The lowest BCUT2D eigenvalue weighted by Gasteiger charge is -2.34. The van der Waals surface area contributed by atoms with Crippen molar-refractivity contribution in [2.24, 2.45) is 0 Å². The zero-order valence-electron chi connectivity index (χ0n) is 16.5. The highest BCUT2D eigenvalue weighted by molar-refractivity contribution is 5.94. The number of nitrogens with zero attached hydrogens (tertiary/aromatic N) is 2. The summed E-state index contributed by atoms with van der Waals surface area (Å²) in [6, 6.07) is 19.0. The van der Waals surface area contributed by atoms with Gasteiger partial charge in [0.2, 0.25) is 0 Å². The molecule has 1 N–H and O–H groups in total. The Balaban J connectivity index is 0.000000569. The molecule has 0 spiro atoms. The summed E-state index contributed by atoms with van der Waals surface area (Å²) in [7, 11) is 0. The molecule has 0 saturated carbocycles. The van der Waals surface area contributed by atoms with Crippen molar-refractivity contribution in [3.05, 3.63) is 71.8 Å². The van der Waals surface area contributed by atoms with Gasteiger partial charge in [-0.15, -0.1) is 0 Å². The van der Waals surface area contributed by atoms with Crippen molar-refractivity contribution in [3.8, 4) is 0 Å². The van der Waals surface area contributed by atoms with Crippen LogP contribution in [0.15, 0.2) is 60.7 Å². The molecule has 2 saturated heterocycles. The summed E-state index contributed by atoms with van der Waals surface area (Å²) in [5.41, 5.74) is 1.91. The number of aliphatic hydroxyl groups is 1. The van der Waals surface area contributed by atoms with E-state index in [2.05, 4.69) is 0 Å². The lowest BCUT2D eigenvalue weighted by atomic mass is 10.2. The van der Waals surface area contributed by atoms with Crippen LogP contribution in [0, 0.1) is 0 Å². The minimum absolute atomic E-state index is 0. The highest BCUT2D eigenvalue weighted by Crippen LogP contribution is 2.10. The quantitative estimate of drug-likeness (QED) is 0.737. The summed E-state index contributed by atoms with van der Waals surface area (Å²) in [5, 5.41) is 9.00. The number of carbonyl (C=O) groups is 3.